The predicted molar refractivity (Wildman–Crippen MR) is 68.9 cm³/mol. The lowest BCUT2D eigenvalue weighted by molar-refractivity contribution is -0.140. The number of amides is 3. The molecule has 1 aromatic rings. The summed E-state index contributed by atoms with van der Waals surface area (Å²) < 4.78 is 5.01. The van der Waals surface area contributed by atoms with E-state index in [0.29, 0.717) is 16.2 Å². The zero-order valence-corrected chi connectivity index (χ0v) is 10.6. The van der Waals surface area contributed by atoms with Gasteiger partial charge in [0.05, 0.1) is 7.11 Å². The molecule has 0 bridgehead atoms. The Bertz CT molecular complexity index is 591. The van der Waals surface area contributed by atoms with Gasteiger partial charge in [-0.3, -0.25) is 9.59 Å². The van der Waals surface area contributed by atoms with Crippen molar-refractivity contribution in [3.63, 3.8) is 0 Å². The van der Waals surface area contributed by atoms with Crippen LogP contribution in [-0.2, 0) is 9.59 Å². The third kappa shape index (κ3) is 2.77. The molecular formula is C13H12N2O5. The lowest BCUT2D eigenvalue weighted by atomic mass is 10.2. The first-order valence-electron chi connectivity index (χ1n) is 5.71. The average Bonchev–Trinajstić information content (AvgIpc) is 2.67. The number of carbonyl (C=O) groups excluding carboxylic acids is 2. The average molecular weight is 276 g/mol. The minimum absolute atomic E-state index is 0.0430. The van der Waals surface area contributed by atoms with Gasteiger partial charge >= 0.3 is 12.0 Å². The van der Waals surface area contributed by atoms with Crippen LogP contribution in [0.15, 0.2) is 30.0 Å². The number of aliphatic carboxylic acids is 1. The van der Waals surface area contributed by atoms with Crippen LogP contribution in [0, 0.1) is 0 Å². The summed E-state index contributed by atoms with van der Waals surface area (Å²) in [5, 5.41) is 11.0. The number of ether oxygens (including phenoxy) is 1. The molecule has 7 heteroatoms. The highest BCUT2D eigenvalue weighted by Crippen LogP contribution is 2.16. The maximum atomic E-state index is 11.9. The molecule has 1 aliphatic heterocycles. The Morgan fingerprint density at radius 2 is 2.00 bits per heavy atom. The number of carboxylic acids is 1. The highest BCUT2D eigenvalue weighted by atomic mass is 16.5. The molecule has 0 saturated carbocycles. The van der Waals surface area contributed by atoms with Crippen molar-refractivity contribution in [2.75, 3.05) is 13.7 Å². The van der Waals surface area contributed by atoms with Crippen molar-refractivity contribution in [1.82, 2.24) is 10.2 Å². The number of nitrogens with zero attached hydrogens (tertiary/aromatic N) is 1. The number of urea groups is 1. The van der Waals surface area contributed by atoms with E-state index >= 15 is 0 Å². The van der Waals surface area contributed by atoms with Crippen LogP contribution in [0.1, 0.15) is 5.56 Å². The number of carbonyl (C=O) groups is 3. The Morgan fingerprint density at radius 3 is 2.55 bits per heavy atom. The predicted octanol–water partition coefficient (Wildman–Crippen LogP) is 0.672. The molecule has 0 aliphatic carbocycles. The van der Waals surface area contributed by atoms with Crippen LogP contribution in [0.25, 0.3) is 6.08 Å². The van der Waals surface area contributed by atoms with Crippen LogP contribution in [0.2, 0.25) is 0 Å². The fourth-order valence-corrected chi connectivity index (χ4v) is 1.72. The second kappa shape index (κ2) is 5.43. The summed E-state index contributed by atoms with van der Waals surface area (Å²) in [5.41, 5.74) is 0.730. The van der Waals surface area contributed by atoms with E-state index in [4.69, 9.17) is 9.84 Å². The van der Waals surface area contributed by atoms with Crippen LogP contribution in [0.5, 0.6) is 5.75 Å². The topological polar surface area (TPSA) is 95.9 Å². The van der Waals surface area contributed by atoms with Crippen LogP contribution in [-0.4, -0.2) is 41.6 Å². The normalized spacial score (nSPS) is 16.4. The largest absolute Gasteiger partial charge is 0.497 e. The highest BCUT2D eigenvalue weighted by molar-refractivity contribution is 6.15. The van der Waals surface area contributed by atoms with Gasteiger partial charge < -0.3 is 15.2 Å². The summed E-state index contributed by atoms with van der Waals surface area (Å²) in [5.74, 6) is -1.24. The fourth-order valence-electron chi connectivity index (χ4n) is 1.72. The maximum Gasteiger partial charge on any atom is 0.329 e. The van der Waals surface area contributed by atoms with E-state index in [0.717, 1.165) is 0 Å². The van der Waals surface area contributed by atoms with Gasteiger partial charge in [0.15, 0.2) is 0 Å². The molecule has 1 fully saturated rings. The molecule has 104 valence electrons. The maximum absolute atomic E-state index is 11.9. The lowest BCUT2D eigenvalue weighted by Crippen LogP contribution is -2.35. The number of hydrogen-bond donors (Lipinski definition) is 2. The SMILES string of the molecule is COc1ccc(/C=C2/NC(=O)N(CC(=O)O)C2=O)cc1. The molecule has 7 nitrogen and oxygen atoms in total. The molecule has 0 atom stereocenters. The van der Waals surface area contributed by atoms with E-state index in [1.54, 1.807) is 24.3 Å². The number of imide groups is 1. The fraction of sp³-hybridized carbons (Fsp3) is 0.154. The highest BCUT2D eigenvalue weighted by Gasteiger charge is 2.34. The van der Waals surface area contributed by atoms with Crippen molar-refractivity contribution in [2.24, 2.45) is 0 Å². The second-order valence-corrected chi connectivity index (χ2v) is 4.05. The lowest BCUT2D eigenvalue weighted by Gasteiger charge is -2.06. The first-order chi connectivity index (χ1) is 9.51. The Labute approximate surface area is 114 Å². The van der Waals surface area contributed by atoms with Crippen LogP contribution in [0.3, 0.4) is 0 Å². The molecule has 0 aromatic heterocycles. The molecule has 0 spiro atoms. The Morgan fingerprint density at radius 1 is 1.35 bits per heavy atom. The van der Waals surface area contributed by atoms with Crippen molar-refractivity contribution < 1.29 is 24.2 Å². The number of carboxylic acid groups (broad SMARTS) is 1. The summed E-state index contributed by atoms with van der Waals surface area (Å²) in [6, 6.07) is 6.11. The minimum Gasteiger partial charge on any atom is -0.497 e. The Hall–Kier alpha value is -2.83. The van der Waals surface area contributed by atoms with Gasteiger partial charge in [0.2, 0.25) is 0 Å². The zero-order chi connectivity index (χ0) is 14.7. The number of benzene rings is 1. The molecule has 3 amide bonds. The summed E-state index contributed by atoms with van der Waals surface area (Å²) in [7, 11) is 1.54. The van der Waals surface area contributed by atoms with Crippen molar-refractivity contribution in [3.8, 4) is 5.75 Å². The van der Waals surface area contributed by atoms with Crippen LogP contribution < -0.4 is 10.1 Å². The van der Waals surface area contributed by atoms with Crippen molar-refractivity contribution in [3.05, 3.63) is 35.5 Å². The molecule has 1 aliphatic rings. The second-order valence-electron chi connectivity index (χ2n) is 4.05. The monoisotopic (exact) mass is 276 g/mol. The van der Waals surface area contributed by atoms with E-state index in [-0.39, 0.29) is 5.70 Å². The number of hydrogen-bond acceptors (Lipinski definition) is 4. The standard InChI is InChI=1S/C13H12N2O5/c1-20-9-4-2-8(3-5-9)6-10-12(18)15(7-11(16)17)13(19)14-10/h2-6H,7H2,1H3,(H,14,19)(H,16,17)/b10-6+. The summed E-state index contributed by atoms with van der Waals surface area (Å²) >= 11 is 0. The summed E-state index contributed by atoms with van der Waals surface area (Å²) in [4.78, 5) is 34.6. The van der Waals surface area contributed by atoms with E-state index in [9.17, 15) is 14.4 Å². The molecule has 20 heavy (non-hydrogen) atoms. The Kier molecular flexibility index (Phi) is 3.69. The van der Waals surface area contributed by atoms with Gasteiger partial charge in [0, 0.05) is 0 Å². The number of rotatable bonds is 4. The van der Waals surface area contributed by atoms with Gasteiger partial charge in [-0.1, -0.05) is 12.1 Å². The summed E-state index contributed by atoms with van der Waals surface area (Å²) in [6.07, 6.45) is 1.47. The number of nitrogens with one attached hydrogen (secondary N) is 1. The molecular weight excluding hydrogens is 264 g/mol. The minimum atomic E-state index is -1.25. The van der Waals surface area contributed by atoms with Gasteiger partial charge in [-0.2, -0.15) is 0 Å². The van der Waals surface area contributed by atoms with Crippen LogP contribution in [0.4, 0.5) is 4.79 Å². The first kappa shape index (κ1) is 13.6. The van der Waals surface area contributed by atoms with E-state index in [1.807, 2.05) is 0 Å². The van der Waals surface area contributed by atoms with Gasteiger partial charge in [-0.05, 0) is 23.8 Å². The van der Waals surface area contributed by atoms with Gasteiger partial charge in [-0.25, -0.2) is 9.69 Å². The molecule has 1 saturated heterocycles. The molecule has 2 rings (SSSR count). The van der Waals surface area contributed by atoms with Crippen molar-refractivity contribution in [2.45, 2.75) is 0 Å². The van der Waals surface area contributed by atoms with E-state index in [1.165, 1.54) is 13.2 Å². The van der Waals surface area contributed by atoms with Crippen LogP contribution >= 0.6 is 0 Å². The molecule has 1 aromatic carbocycles. The van der Waals surface area contributed by atoms with Gasteiger partial charge in [0.1, 0.15) is 18.0 Å². The molecule has 0 radical (unpaired) electrons. The molecule has 2 N–H and O–H groups in total. The Balaban J connectivity index is 2.20. The van der Waals surface area contributed by atoms with Gasteiger partial charge in [-0.15, -0.1) is 0 Å². The van der Waals surface area contributed by atoms with E-state index < -0.39 is 24.5 Å². The summed E-state index contributed by atoms with van der Waals surface area (Å²) in [6.45, 7) is -0.662. The molecule has 0 unspecified atom stereocenters. The third-order valence-electron chi connectivity index (χ3n) is 2.68. The quantitative estimate of drug-likeness (QED) is 0.622. The van der Waals surface area contributed by atoms with Gasteiger partial charge in [0.25, 0.3) is 5.91 Å². The zero-order valence-electron chi connectivity index (χ0n) is 10.6. The third-order valence-corrected chi connectivity index (χ3v) is 2.68. The smallest absolute Gasteiger partial charge is 0.329 e. The van der Waals surface area contributed by atoms with E-state index in [2.05, 4.69) is 5.32 Å². The van der Waals surface area contributed by atoms with Crippen molar-refractivity contribution in [1.29, 1.82) is 0 Å². The van der Waals surface area contributed by atoms with Crippen molar-refractivity contribution >= 4 is 24.0 Å². The first-order valence-corrected chi connectivity index (χ1v) is 5.71. The molecule has 1 heterocycles. The number of methoxy groups -OCH3 is 1.